The number of halogens is 1. The van der Waals surface area contributed by atoms with Crippen molar-refractivity contribution in [3.05, 3.63) is 0 Å². The first-order valence-electron chi connectivity index (χ1n) is 6.00. The molecule has 1 aliphatic heterocycles. The Hall–Kier alpha value is -0.150. The summed E-state index contributed by atoms with van der Waals surface area (Å²) >= 11 is 0. The number of ether oxygens (including phenoxy) is 1. The van der Waals surface area contributed by atoms with E-state index in [1.807, 2.05) is 0 Å². The first-order valence-corrected chi connectivity index (χ1v) is 6.00. The van der Waals surface area contributed by atoms with Gasteiger partial charge in [-0.25, -0.2) is 4.39 Å². The van der Waals surface area contributed by atoms with Gasteiger partial charge in [0.25, 0.3) is 0 Å². The molecule has 3 heteroatoms. The van der Waals surface area contributed by atoms with E-state index in [2.05, 4.69) is 25.7 Å². The Kier molecular flexibility index (Phi) is 3.04. The van der Waals surface area contributed by atoms with Crippen molar-refractivity contribution in [3.8, 4) is 0 Å². The van der Waals surface area contributed by atoms with E-state index in [1.54, 1.807) is 0 Å². The van der Waals surface area contributed by atoms with Crippen LogP contribution >= 0.6 is 0 Å². The SMILES string of the molecule is CC(C)(C)OC1CC(N2CC[C@H](F)C2)C1. The van der Waals surface area contributed by atoms with E-state index in [0.29, 0.717) is 18.7 Å². The second-order valence-electron chi connectivity index (χ2n) is 5.86. The van der Waals surface area contributed by atoms with Crippen LogP contribution in [-0.4, -0.2) is 41.9 Å². The fourth-order valence-corrected chi connectivity index (χ4v) is 2.51. The predicted octanol–water partition coefficient (Wildman–Crippen LogP) is 2.38. The minimum absolute atomic E-state index is 0.0384. The molecule has 0 amide bonds. The third-order valence-corrected chi connectivity index (χ3v) is 3.27. The zero-order chi connectivity index (χ0) is 11.1. The summed E-state index contributed by atoms with van der Waals surface area (Å²) in [6.07, 6.45) is 2.70. The molecular formula is C12H22FNO. The zero-order valence-electron chi connectivity index (χ0n) is 10.0. The lowest BCUT2D eigenvalue weighted by Gasteiger charge is -2.43. The number of likely N-dealkylation sites (tertiary alicyclic amines) is 1. The van der Waals surface area contributed by atoms with Crippen molar-refractivity contribution in [1.82, 2.24) is 4.90 Å². The molecular weight excluding hydrogens is 193 g/mol. The molecule has 0 bridgehead atoms. The van der Waals surface area contributed by atoms with Crippen molar-refractivity contribution >= 4 is 0 Å². The van der Waals surface area contributed by atoms with E-state index in [-0.39, 0.29) is 5.60 Å². The number of nitrogens with zero attached hydrogens (tertiary/aromatic N) is 1. The Bertz CT molecular complexity index is 220. The summed E-state index contributed by atoms with van der Waals surface area (Å²) in [7, 11) is 0. The van der Waals surface area contributed by atoms with Gasteiger partial charge in [0, 0.05) is 19.1 Å². The molecule has 1 saturated carbocycles. The fourth-order valence-electron chi connectivity index (χ4n) is 2.51. The molecule has 0 spiro atoms. The highest BCUT2D eigenvalue weighted by Gasteiger charge is 2.39. The van der Waals surface area contributed by atoms with Crippen LogP contribution in [0.2, 0.25) is 0 Å². The van der Waals surface area contributed by atoms with Crippen molar-refractivity contribution < 1.29 is 9.13 Å². The number of hydrogen-bond acceptors (Lipinski definition) is 2. The predicted molar refractivity (Wildman–Crippen MR) is 58.7 cm³/mol. The van der Waals surface area contributed by atoms with Crippen molar-refractivity contribution in [3.63, 3.8) is 0 Å². The lowest BCUT2D eigenvalue weighted by atomic mass is 9.87. The summed E-state index contributed by atoms with van der Waals surface area (Å²) in [5.74, 6) is 0. The van der Waals surface area contributed by atoms with Gasteiger partial charge in [-0.3, -0.25) is 4.90 Å². The van der Waals surface area contributed by atoms with Crippen LogP contribution in [0.5, 0.6) is 0 Å². The normalized spacial score (nSPS) is 38.0. The Morgan fingerprint density at radius 3 is 2.40 bits per heavy atom. The van der Waals surface area contributed by atoms with Crippen LogP contribution in [0.3, 0.4) is 0 Å². The van der Waals surface area contributed by atoms with Gasteiger partial charge in [0.1, 0.15) is 6.17 Å². The maximum atomic E-state index is 13.0. The largest absolute Gasteiger partial charge is 0.373 e. The van der Waals surface area contributed by atoms with Crippen molar-refractivity contribution in [2.45, 2.75) is 64.0 Å². The van der Waals surface area contributed by atoms with Crippen molar-refractivity contribution in [1.29, 1.82) is 0 Å². The Labute approximate surface area is 91.8 Å². The lowest BCUT2D eigenvalue weighted by Crippen LogP contribution is -2.49. The molecule has 0 aromatic carbocycles. The van der Waals surface area contributed by atoms with Gasteiger partial charge in [0.2, 0.25) is 0 Å². The summed E-state index contributed by atoms with van der Waals surface area (Å²) < 4.78 is 18.9. The van der Waals surface area contributed by atoms with Gasteiger partial charge >= 0.3 is 0 Å². The summed E-state index contributed by atoms with van der Waals surface area (Å²) in [5, 5.41) is 0. The minimum atomic E-state index is -0.590. The highest BCUT2D eigenvalue weighted by atomic mass is 19.1. The molecule has 2 fully saturated rings. The number of rotatable bonds is 2. The molecule has 2 nitrogen and oxygen atoms in total. The standard InChI is InChI=1S/C12H22FNO/c1-12(2,3)15-11-6-10(7-11)14-5-4-9(13)8-14/h9-11H,4-8H2,1-3H3/t9-,10?,11?/m0/s1. The van der Waals surface area contributed by atoms with Gasteiger partial charge in [0.05, 0.1) is 11.7 Å². The third kappa shape index (κ3) is 2.91. The van der Waals surface area contributed by atoms with E-state index >= 15 is 0 Å². The smallest absolute Gasteiger partial charge is 0.114 e. The lowest BCUT2D eigenvalue weighted by molar-refractivity contribution is -0.118. The quantitative estimate of drug-likeness (QED) is 0.701. The Balaban J connectivity index is 1.70. The molecule has 1 atom stereocenters. The summed E-state index contributed by atoms with van der Waals surface area (Å²) in [6.45, 7) is 7.86. The van der Waals surface area contributed by atoms with Gasteiger partial charge < -0.3 is 4.74 Å². The van der Waals surface area contributed by atoms with E-state index in [0.717, 1.165) is 25.8 Å². The van der Waals surface area contributed by atoms with Gasteiger partial charge in [0.15, 0.2) is 0 Å². The maximum absolute atomic E-state index is 13.0. The van der Waals surface area contributed by atoms with E-state index in [1.165, 1.54) is 0 Å². The number of hydrogen-bond donors (Lipinski definition) is 0. The molecule has 2 rings (SSSR count). The summed E-state index contributed by atoms with van der Waals surface area (Å²) in [5.41, 5.74) is -0.0384. The van der Waals surface area contributed by atoms with E-state index in [9.17, 15) is 4.39 Å². The van der Waals surface area contributed by atoms with Crippen LogP contribution < -0.4 is 0 Å². The first-order chi connectivity index (χ1) is 6.94. The molecule has 1 heterocycles. The highest BCUT2D eigenvalue weighted by molar-refractivity contribution is 4.92. The van der Waals surface area contributed by atoms with E-state index in [4.69, 9.17) is 4.74 Å². The minimum Gasteiger partial charge on any atom is -0.373 e. The average Bonchev–Trinajstić information content (AvgIpc) is 2.41. The molecule has 88 valence electrons. The van der Waals surface area contributed by atoms with Gasteiger partial charge in [-0.05, 0) is 40.0 Å². The molecule has 0 N–H and O–H groups in total. The average molecular weight is 215 g/mol. The van der Waals surface area contributed by atoms with Gasteiger partial charge in [-0.1, -0.05) is 0 Å². The second-order valence-corrected chi connectivity index (χ2v) is 5.86. The molecule has 1 aliphatic carbocycles. The summed E-state index contributed by atoms with van der Waals surface area (Å²) in [4.78, 5) is 2.28. The van der Waals surface area contributed by atoms with Crippen LogP contribution in [0.4, 0.5) is 4.39 Å². The molecule has 2 aliphatic rings. The molecule has 0 unspecified atom stereocenters. The first kappa shape index (κ1) is 11.3. The Morgan fingerprint density at radius 1 is 1.27 bits per heavy atom. The molecule has 0 radical (unpaired) electrons. The van der Waals surface area contributed by atoms with Crippen LogP contribution in [0.25, 0.3) is 0 Å². The van der Waals surface area contributed by atoms with Crippen molar-refractivity contribution in [2.75, 3.05) is 13.1 Å². The van der Waals surface area contributed by atoms with Crippen molar-refractivity contribution in [2.24, 2.45) is 0 Å². The van der Waals surface area contributed by atoms with Crippen LogP contribution in [0.1, 0.15) is 40.0 Å². The van der Waals surface area contributed by atoms with Crippen LogP contribution in [0, 0.1) is 0 Å². The molecule has 1 saturated heterocycles. The fraction of sp³-hybridized carbons (Fsp3) is 1.00. The van der Waals surface area contributed by atoms with Gasteiger partial charge in [-0.15, -0.1) is 0 Å². The highest BCUT2D eigenvalue weighted by Crippen LogP contribution is 2.33. The molecule has 15 heavy (non-hydrogen) atoms. The van der Waals surface area contributed by atoms with E-state index < -0.39 is 6.17 Å². The number of alkyl halides is 1. The second kappa shape index (κ2) is 4.02. The third-order valence-electron chi connectivity index (χ3n) is 3.27. The molecule has 0 aromatic rings. The molecule has 0 aromatic heterocycles. The topological polar surface area (TPSA) is 12.5 Å². The monoisotopic (exact) mass is 215 g/mol. The van der Waals surface area contributed by atoms with Crippen LogP contribution in [0.15, 0.2) is 0 Å². The summed E-state index contributed by atoms with van der Waals surface area (Å²) in [6, 6.07) is 0.582. The zero-order valence-corrected chi connectivity index (χ0v) is 10.0. The maximum Gasteiger partial charge on any atom is 0.114 e. The van der Waals surface area contributed by atoms with Crippen LogP contribution in [-0.2, 0) is 4.74 Å². The van der Waals surface area contributed by atoms with Gasteiger partial charge in [-0.2, -0.15) is 0 Å². The Morgan fingerprint density at radius 2 is 1.93 bits per heavy atom.